The second-order valence-electron chi connectivity index (χ2n) is 6.20. The number of rotatable bonds is 12. The van der Waals surface area contributed by atoms with Crippen LogP contribution in [0.2, 0.25) is 0 Å². The fourth-order valence-corrected chi connectivity index (χ4v) is 2.69. The van der Waals surface area contributed by atoms with Crippen LogP contribution in [0, 0.1) is 0 Å². The lowest BCUT2D eigenvalue weighted by atomic mass is 10.1. The van der Waals surface area contributed by atoms with Gasteiger partial charge < -0.3 is 10.6 Å². The van der Waals surface area contributed by atoms with Crippen molar-refractivity contribution in [3.63, 3.8) is 0 Å². The second kappa shape index (κ2) is 11.5. The van der Waals surface area contributed by atoms with E-state index in [1.165, 1.54) is 69.9 Å². The minimum atomic E-state index is 0.839. The van der Waals surface area contributed by atoms with E-state index in [9.17, 15) is 0 Å². The number of hydrogen-bond acceptors (Lipinski definition) is 2. The number of nitrogens with zero attached hydrogens (tertiary/aromatic N) is 1. The molecule has 0 heterocycles. The molecular weight excluding hydrogens is 256 g/mol. The summed E-state index contributed by atoms with van der Waals surface area (Å²) in [6, 6.07) is 8.16. The number of hydrogen-bond donors (Lipinski definition) is 1. The SMILES string of the molecule is CCCCCCCCCCCCN(C)c1ccc(N)cc1. The summed E-state index contributed by atoms with van der Waals surface area (Å²) < 4.78 is 0. The van der Waals surface area contributed by atoms with Gasteiger partial charge in [-0.3, -0.25) is 0 Å². The molecule has 0 unspecified atom stereocenters. The van der Waals surface area contributed by atoms with Gasteiger partial charge in [-0.15, -0.1) is 0 Å². The summed E-state index contributed by atoms with van der Waals surface area (Å²) in [7, 11) is 2.17. The molecule has 0 saturated carbocycles. The van der Waals surface area contributed by atoms with E-state index in [-0.39, 0.29) is 0 Å². The lowest BCUT2D eigenvalue weighted by molar-refractivity contribution is 0.556. The van der Waals surface area contributed by atoms with Crippen LogP contribution < -0.4 is 10.6 Å². The zero-order valence-corrected chi connectivity index (χ0v) is 14.1. The van der Waals surface area contributed by atoms with Gasteiger partial charge in [0, 0.05) is 25.0 Å². The highest BCUT2D eigenvalue weighted by atomic mass is 15.1. The van der Waals surface area contributed by atoms with Crippen LogP contribution in [-0.4, -0.2) is 13.6 Å². The van der Waals surface area contributed by atoms with Crippen LogP contribution in [0.1, 0.15) is 71.1 Å². The van der Waals surface area contributed by atoms with Gasteiger partial charge in [0.1, 0.15) is 0 Å². The lowest BCUT2D eigenvalue weighted by Gasteiger charge is -2.19. The van der Waals surface area contributed by atoms with Crippen molar-refractivity contribution in [3.8, 4) is 0 Å². The van der Waals surface area contributed by atoms with E-state index in [2.05, 4.69) is 31.0 Å². The van der Waals surface area contributed by atoms with E-state index in [1.807, 2.05) is 12.1 Å². The Bertz CT molecular complexity index is 345. The minimum Gasteiger partial charge on any atom is -0.399 e. The summed E-state index contributed by atoms with van der Waals surface area (Å²) in [4.78, 5) is 2.32. The van der Waals surface area contributed by atoms with Crippen molar-refractivity contribution in [1.29, 1.82) is 0 Å². The highest BCUT2D eigenvalue weighted by Crippen LogP contribution is 2.16. The van der Waals surface area contributed by atoms with Crippen LogP contribution in [-0.2, 0) is 0 Å². The van der Waals surface area contributed by atoms with E-state index in [0.29, 0.717) is 0 Å². The molecule has 0 spiro atoms. The van der Waals surface area contributed by atoms with E-state index in [4.69, 9.17) is 5.73 Å². The maximum absolute atomic E-state index is 5.71. The molecule has 0 saturated heterocycles. The highest BCUT2D eigenvalue weighted by Gasteiger charge is 2.00. The Hall–Kier alpha value is -1.18. The summed E-state index contributed by atoms with van der Waals surface area (Å²) in [5, 5.41) is 0. The summed E-state index contributed by atoms with van der Waals surface area (Å²) in [5.41, 5.74) is 7.82. The van der Waals surface area contributed by atoms with Gasteiger partial charge in [-0.1, -0.05) is 64.7 Å². The van der Waals surface area contributed by atoms with Gasteiger partial charge in [0.25, 0.3) is 0 Å². The van der Waals surface area contributed by atoms with E-state index in [0.717, 1.165) is 12.2 Å². The maximum atomic E-state index is 5.71. The Labute approximate surface area is 131 Å². The molecule has 120 valence electrons. The van der Waals surface area contributed by atoms with Crippen LogP contribution in [0.25, 0.3) is 0 Å². The van der Waals surface area contributed by atoms with Crippen molar-refractivity contribution in [1.82, 2.24) is 0 Å². The first kappa shape index (κ1) is 17.9. The number of nitrogen functional groups attached to an aromatic ring is 1. The topological polar surface area (TPSA) is 29.3 Å². The number of unbranched alkanes of at least 4 members (excludes halogenated alkanes) is 9. The largest absolute Gasteiger partial charge is 0.399 e. The first-order valence-corrected chi connectivity index (χ1v) is 8.80. The molecule has 1 rings (SSSR count). The van der Waals surface area contributed by atoms with Crippen molar-refractivity contribution >= 4 is 11.4 Å². The molecule has 21 heavy (non-hydrogen) atoms. The second-order valence-corrected chi connectivity index (χ2v) is 6.20. The molecule has 0 radical (unpaired) electrons. The van der Waals surface area contributed by atoms with Gasteiger partial charge >= 0.3 is 0 Å². The number of anilines is 2. The van der Waals surface area contributed by atoms with E-state index >= 15 is 0 Å². The molecule has 0 aliphatic carbocycles. The zero-order chi connectivity index (χ0) is 15.3. The summed E-state index contributed by atoms with van der Waals surface area (Å²) >= 11 is 0. The van der Waals surface area contributed by atoms with E-state index in [1.54, 1.807) is 0 Å². The van der Waals surface area contributed by atoms with Crippen LogP contribution in [0.3, 0.4) is 0 Å². The Kier molecular flexibility index (Phi) is 9.77. The third-order valence-corrected chi connectivity index (χ3v) is 4.18. The zero-order valence-electron chi connectivity index (χ0n) is 14.1. The fourth-order valence-electron chi connectivity index (χ4n) is 2.69. The Morgan fingerprint density at radius 1 is 0.762 bits per heavy atom. The van der Waals surface area contributed by atoms with Gasteiger partial charge in [0.15, 0.2) is 0 Å². The summed E-state index contributed by atoms with van der Waals surface area (Å²) in [6.45, 7) is 3.42. The molecular formula is C19H34N2. The third-order valence-electron chi connectivity index (χ3n) is 4.18. The standard InChI is InChI=1S/C19H34N2/c1-3-4-5-6-7-8-9-10-11-12-17-21(2)19-15-13-18(20)14-16-19/h13-16H,3-12,17,20H2,1-2H3. The molecule has 0 aliphatic rings. The van der Waals surface area contributed by atoms with Crippen molar-refractivity contribution in [2.24, 2.45) is 0 Å². The first-order valence-electron chi connectivity index (χ1n) is 8.80. The van der Waals surface area contributed by atoms with Gasteiger partial charge in [-0.2, -0.15) is 0 Å². The predicted molar refractivity (Wildman–Crippen MR) is 96.0 cm³/mol. The van der Waals surface area contributed by atoms with Crippen molar-refractivity contribution in [3.05, 3.63) is 24.3 Å². The van der Waals surface area contributed by atoms with Crippen LogP contribution >= 0.6 is 0 Å². The van der Waals surface area contributed by atoms with Gasteiger partial charge in [-0.05, 0) is 30.7 Å². The highest BCUT2D eigenvalue weighted by molar-refractivity contribution is 5.52. The van der Waals surface area contributed by atoms with Crippen molar-refractivity contribution < 1.29 is 0 Å². The average molecular weight is 290 g/mol. The number of nitrogens with two attached hydrogens (primary N) is 1. The molecule has 2 nitrogen and oxygen atoms in total. The third kappa shape index (κ3) is 8.64. The Morgan fingerprint density at radius 3 is 1.76 bits per heavy atom. The molecule has 0 aromatic heterocycles. The molecule has 1 aromatic rings. The molecule has 0 bridgehead atoms. The molecule has 1 aromatic carbocycles. The first-order chi connectivity index (χ1) is 10.2. The smallest absolute Gasteiger partial charge is 0.0365 e. The van der Waals surface area contributed by atoms with Crippen molar-refractivity contribution in [2.75, 3.05) is 24.2 Å². The maximum Gasteiger partial charge on any atom is 0.0365 e. The fraction of sp³-hybridized carbons (Fsp3) is 0.684. The molecule has 2 heteroatoms. The Morgan fingerprint density at radius 2 is 1.24 bits per heavy atom. The van der Waals surface area contributed by atoms with E-state index < -0.39 is 0 Å². The number of benzene rings is 1. The van der Waals surface area contributed by atoms with Gasteiger partial charge in [0.05, 0.1) is 0 Å². The monoisotopic (exact) mass is 290 g/mol. The van der Waals surface area contributed by atoms with Crippen LogP contribution in [0.5, 0.6) is 0 Å². The lowest BCUT2D eigenvalue weighted by Crippen LogP contribution is -2.18. The molecule has 2 N–H and O–H groups in total. The van der Waals surface area contributed by atoms with Gasteiger partial charge in [0.2, 0.25) is 0 Å². The Balaban J connectivity index is 1.95. The van der Waals surface area contributed by atoms with Gasteiger partial charge in [-0.25, -0.2) is 0 Å². The normalized spacial score (nSPS) is 10.8. The van der Waals surface area contributed by atoms with Crippen molar-refractivity contribution in [2.45, 2.75) is 71.1 Å². The van der Waals surface area contributed by atoms with Crippen LogP contribution in [0.15, 0.2) is 24.3 Å². The summed E-state index contributed by atoms with van der Waals surface area (Å²) in [5.74, 6) is 0. The molecule has 0 atom stereocenters. The minimum absolute atomic E-state index is 0.839. The predicted octanol–water partition coefficient (Wildman–Crippen LogP) is 5.63. The summed E-state index contributed by atoms with van der Waals surface area (Å²) in [6.07, 6.45) is 13.9. The quantitative estimate of drug-likeness (QED) is 0.399. The molecule has 0 amide bonds. The van der Waals surface area contributed by atoms with Crippen LogP contribution in [0.4, 0.5) is 11.4 Å². The molecule has 0 aliphatic heterocycles. The average Bonchev–Trinajstić information content (AvgIpc) is 2.49. The molecule has 0 fully saturated rings.